The third-order valence-corrected chi connectivity index (χ3v) is 3.07. The summed E-state index contributed by atoms with van der Waals surface area (Å²) in [6, 6.07) is 3.67. The summed E-state index contributed by atoms with van der Waals surface area (Å²) in [4.78, 5) is 12.0. The fraction of sp³-hybridized carbons (Fsp3) is 0.643. The van der Waals surface area contributed by atoms with Gasteiger partial charge in [0, 0.05) is 33.0 Å². The molecule has 0 aliphatic heterocycles. The monoisotopic (exact) mass is 268 g/mol. The molecule has 1 heterocycles. The molecule has 0 aliphatic carbocycles. The van der Waals surface area contributed by atoms with Crippen molar-refractivity contribution in [2.75, 3.05) is 26.9 Å². The Morgan fingerprint density at radius 3 is 3.05 bits per heavy atom. The molecule has 0 aliphatic rings. The van der Waals surface area contributed by atoms with Gasteiger partial charge in [-0.2, -0.15) is 0 Å². The summed E-state index contributed by atoms with van der Waals surface area (Å²) in [5.41, 5.74) is 0.659. The van der Waals surface area contributed by atoms with E-state index in [1.807, 2.05) is 23.8 Å². The Morgan fingerprint density at radius 1 is 1.58 bits per heavy atom. The summed E-state index contributed by atoms with van der Waals surface area (Å²) in [6.45, 7) is 4.10. The quantitative estimate of drug-likeness (QED) is 0.663. The van der Waals surface area contributed by atoms with Crippen LogP contribution in [0.2, 0.25) is 0 Å². The fourth-order valence-corrected chi connectivity index (χ4v) is 1.84. The SMILES string of the molecule is COCCn1cccc1C(=O)NCCCC(C)CO. The van der Waals surface area contributed by atoms with E-state index in [9.17, 15) is 4.79 Å². The van der Waals surface area contributed by atoms with Gasteiger partial charge in [-0.05, 0) is 30.9 Å². The average Bonchev–Trinajstić information content (AvgIpc) is 2.89. The van der Waals surface area contributed by atoms with Gasteiger partial charge in [-0.1, -0.05) is 6.92 Å². The second kappa shape index (κ2) is 8.72. The van der Waals surface area contributed by atoms with Crippen LogP contribution in [-0.2, 0) is 11.3 Å². The molecule has 0 bridgehead atoms. The number of amides is 1. The zero-order valence-electron chi connectivity index (χ0n) is 11.8. The number of ether oxygens (including phenoxy) is 1. The van der Waals surface area contributed by atoms with Gasteiger partial charge < -0.3 is 19.7 Å². The lowest BCUT2D eigenvalue weighted by atomic mass is 10.1. The van der Waals surface area contributed by atoms with Gasteiger partial charge in [0.15, 0.2) is 0 Å². The first-order chi connectivity index (χ1) is 9.19. The Hall–Kier alpha value is -1.33. The number of nitrogens with one attached hydrogen (secondary N) is 1. The third kappa shape index (κ3) is 5.44. The number of hydrogen-bond donors (Lipinski definition) is 2. The number of aliphatic hydroxyl groups is 1. The van der Waals surface area contributed by atoms with E-state index in [-0.39, 0.29) is 12.5 Å². The lowest BCUT2D eigenvalue weighted by molar-refractivity contribution is 0.0940. The first-order valence-corrected chi connectivity index (χ1v) is 6.72. The van der Waals surface area contributed by atoms with E-state index in [0.717, 1.165) is 12.8 Å². The topological polar surface area (TPSA) is 63.5 Å². The van der Waals surface area contributed by atoms with E-state index in [1.54, 1.807) is 13.2 Å². The van der Waals surface area contributed by atoms with E-state index in [1.165, 1.54) is 0 Å². The van der Waals surface area contributed by atoms with Crippen LogP contribution in [0.25, 0.3) is 0 Å². The molecule has 0 saturated heterocycles. The predicted molar refractivity (Wildman–Crippen MR) is 74.1 cm³/mol. The first-order valence-electron chi connectivity index (χ1n) is 6.72. The molecular formula is C14H24N2O3. The van der Waals surface area contributed by atoms with Crippen molar-refractivity contribution in [3.8, 4) is 0 Å². The van der Waals surface area contributed by atoms with Crippen LogP contribution >= 0.6 is 0 Å². The van der Waals surface area contributed by atoms with E-state index >= 15 is 0 Å². The number of nitrogens with zero attached hydrogens (tertiary/aromatic N) is 1. The van der Waals surface area contributed by atoms with Crippen molar-refractivity contribution >= 4 is 5.91 Å². The Labute approximate surface area is 114 Å². The third-order valence-electron chi connectivity index (χ3n) is 3.07. The molecule has 1 aromatic rings. The smallest absolute Gasteiger partial charge is 0.267 e. The largest absolute Gasteiger partial charge is 0.396 e. The normalized spacial score (nSPS) is 12.4. The highest BCUT2D eigenvalue weighted by atomic mass is 16.5. The summed E-state index contributed by atoms with van der Waals surface area (Å²) in [6.07, 6.45) is 3.68. The molecule has 0 aromatic carbocycles. The number of carbonyl (C=O) groups excluding carboxylic acids is 1. The molecule has 1 amide bonds. The number of methoxy groups -OCH3 is 1. The molecule has 0 radical (unpaired) electrons. The Kier molecular flexibility index (Phi) is 7.22. The molecule has 108 valence electrons. The molecule has 1 unspecified atom stereocenters. The fourth-order valence-electron chi connectivity index (χ4n) is 1.84. The van der Waals surface area contributed by atoms with Gasteiger partial charge in [-0.15, -0.1) is 0 Å². The number of aliphatic hydroxyl groups excluding tert-OH is 1. The summed E-state index contributed by atoms with van der Waals surface area (Å²) in [5, 5.41) is 11.8. The summed E-state index contributed by atoms with van der Waals surface area (Å²) >= 11 is 0. The molecule has 19 heavy (non-hydrogen) atoms. The van der Waals surface area contributed by atoms with Crippen LogP contribution < -0.4 is 5.32 Å². The van der Waals surface area contributed by atoms with Gasteiger partial charge in [0.25, 0.3) is 5.91 Å². The molecule has 0 spiro atoms. The zero-order chi connectivity index (χ0) is 14.1. The van der Waals surface area contributed by atoms with Crippen molar-refractivity contribution in [3.63, 3.8) is 0 Å². The second-order valence-corrected chi connectivity index (χ2v) is 4.77. The van der Waals surface area contributed by atoms with Gasteiger partial charge in [-0.25, -0.2) is 0 Å². The summed E-state index contributed by atoms with van der Waals surface area (Å²) < 4.78 is 6.90. The Morgan fingerprint density at radius 2 is 2.37 bits per heavy atom. The molecule has 5 heteroatoms. The van der Waals surface area contributed by atoms with Gasteiger partial charge in [0.1, 0.15) is 5.69 Å². The van der Waals surface area contributed by atoms with Crippen molar-refractivity contribution in [1.82, 2.24) is 9.88 Å². The van der Waals surface area contributed by atoms with Crippen LogP contribution in [0.4, 0.5) is 0 Å². The molecule has 1 rings (SSSR count). The number of hydrogen-bond acceptors (Lipinski definition) is 3. The van der Waals surface area contributed by atoms with E-state index in [0.29, 0.717) is 31.3 Å². The maximum atomic E-state index is 12.0. The van der Waals surface area contributed by atoms with Gasteiger partial charge >= 0.3 is 0 Å². The van der Waals surface area contributed by atoms with Crippen molar-refractivity contribution in [1.29, 1.82) is 0 Å². The highest BCUT2D eigenvalue weighted by Gasteiger charge is 2.10. The molecule has 1 aromatic heterocycles. The predicted octanol–water partition coefficient (Wildman–Crippen LogP) is 1.27. The molecule has 0 fully saturated rings. The van der Waals surface area contributed by atoms with E-state index < -0.39 is 0 Å². The number of carbonyl (C=O) groups is 1. The lowest BCUT2D eigenvalue weighted by Crippen LogP contribution is -2.27. The minimum atomic E-state index is -0.0576. The van der Waals surface area contributed by atoms with Crippen LogP contribution in [-0.4, -0.2) is 42.4 Å². The maximum absolute atomic E-state index is 12.0. The average molecular weight is 268 g/mol. The first kappa shape index (κ1) is 15.7. The summed E-state index contributed by atoms with van der Waals surface area (Å²) in [7, 11) is 1.64. The molecule has 0 saturated carbocycles. The maximum Gasteiger partial charge on any atom is 0.267 e. The molecule has 2 N–H and O–H groups in total. The lowest BCUT2D eigenvalue weighted by Gasteiger charge is -2.10. The van der Waals surface area contributed by atoms with Gasteiger partial charge in [-0.3, -0.25) is 4.79 Å². The van der Waals surface area contributed by atoms with Crippen molar-refractivity contribution in [2.45, 2.75) is 26.3 Å². The molecule has 5 nitrogen and oxygen atoms in total. The minimum Gasteiger partial charge on any atom is -0.396 e. The van der Waals surface area contributed by atoms with Crippen LogP contribution in [0.3, 0.4) is 0 Å². The van der Waals surface area contributed by atoms with Crippen molar-refractivity contribution in [3.05, 3.63) is 24.0 Å². The van der Waals surface area contributed by atoms with Crippen LogP contribution in [0.15, 0.2) is 18.3 Å². The zero-order valence-corrected chi connectivity index (χ0v) is 11.8. The Balaban J connectivity index is 2.35. The minimum absolute atomic E-state index is 0.0576. The van der Waals surface area contributed by atoms with Crippen LogP contribution in [0.1, 0.15) is 30.3 Å². The standard InChI is InChI=1S/C14H24N2O3/c1-12(11-17)5-3-7-15-14(18)13-6-4-8-16(13)9-10-19-2/h4,6,8,12,17H,3,5,7,9-11H2,1-2H3,(H,15,18). The summed E-state index contributed by atoms with van der Waals surface area (Å²) in [5.74, 6) is 0.236. The molecular weight excluding hydrogens is 244 g/mol. The second-order valence-electron chi connectivity index (χ2n) is 4.77. The molecule has 1 atom stereocenters. The van der Waals surface area contributed by atoms with Gasteiger partial charge in [0.2, 0.25) is 0 Å². The van der Waals surface area contributed by atoms with E-state index in [4.69, 9.17) is 9.84 Å². The van der Waals surface area contributed by atoms with Crippen molar-refractivity contribution in [2.24, 2.45) is 5.92 Å². The highest BCUT2D eigenvalue weighted by Crippen LogP contribution is 2.05. The van der Waals surface area contributed by atoms with Gasteiger partial charge in [0.05, 0.1) is 6.61 Å². The van der Waals surface area contributed by atoms with Crippen LogP contribution in [0, 0.1) is 5.92 Å². The number of aromatic nitrogens is 1. The number of rotatable bonds is 9. The van der Waals surface area contributed by atoms with Crippen LogP contribution in [0.5, 0.6) is 0 Å². The van der Waals surface area contributed by atoms with Crippen molar-refractivity contribution < 1.29 is 14.6 Å². The highest BCUT2D eigenvalue weighted by molar-refractivity contribution is 5.92. The van der Waals surface area contributed by atoms with E-state index in [2.05, 4.69) is 5.32 Å². The Bertz CT molecular complexity index is 377.